The predicted octanol–water partition coefficient (Wildman–Crippen LogP) is 1.57. The summed E-state index contributed by atoms with van der Waals surface area (Å²) in [5.41, 5.74) is 7.91. The molecule has 0 amide bonds. The molecule has 0 aromatic carbocycles. The van der Waals surface area contributed by atoms with Crippen molar-refractivity contribution in [2.45, 2.75) is 40.3 Å². The quantitative estimate of drug-likeness (QED) is 0.836. The van der Waals surface area contributed by atoms with Crippen LogP contribution in [0.5, 0.6) is 0 Å². The number of rotatable bonds is 6. The van der Waals surface area contributed by atoms with Crippen LogP contribution in [0.1, 0.15) is 26.5 Å². The van der Waals surface area contributed by atoms with E-state index in [4.69, 9.17) is 5.73 Å². The van der Waals surface area contributed by atoms with Crippen LogP contribution < -0.4 is 10.6 Å². The molecule has 1 unspecified atom stereocenters. The largest absolute Gasteiger partial charge is 0.394 e. The third-order valence-electron chi connectivity index (χ3n) is 3.22. The first-order valence-electron chi connectivity index (χ1n) is 6.66. The minimum absolute atomic E-state index is 0.411. The molecule has 0 radical (unpaired) electrons. The molecule has 2 N–H and O–H groups in total. The molecule has 5 heteroatoms. The minimum Gasteiger partial charge on any atom is -0.394 e. The van der Waals surface area contributed by atoms with Crippen LogP contribution in [0.25, 0.3) is 0 Å². The van der Waals surface area contributed by atoms with E-state index in [1.165, 1.54) is 0 Å². The van der Waals surface area contributed by atoms with Crippen LogP contribution in [0.2, 0.25) is 0 Å². The Balaban J connectivity index is 3.08. The summed E-state index contributed by atoms with van der Waals surface area (Å²) in [6.07, 6.45) is 0. The second kappa shape index (κ2) is 6.09. The van der Waals surface area contributed by atoms with Gasteiger partial charge in [0, 0.05) is 25.7 Å². The van der Waals surface area contributed by atoms with Crippen molar-refractivity contribution in [3.8, 4) is 0 Å². The summed E-state index contributed by atoms with van der Waals surface area (Å²) >= 11 is 0. The molecular formula is C13H27N5. The van der Waals surface area contributed by atoms with E-state index >= 15 is 0 Å². The first-order chi connectivity index (χ1) is 8.42. The number of hydrogen-bond acceptors (Lipinski definition) is 4. The summed E-state index contributed by atoms with van der Waals surface area (Å²) in [6, 6.07) is 0.411. The summed E-state index contributed by atoms with van der Waals surface area (Å²) in [6.45, 7) is 11.2. The Hall–Kier alpha value is -1.23. The zero-order valence-electron chi connectivity index (χ0n) is 12.6. The summed E-state index contributed by atoms with van der Waals surface area (Å²) in [5, 5.41) is 4.50. The molecule has 5 nitrogen and oxygen atoms in total. The minimum atomic E-state index is 0.411. The second-order valence-electron chi connectivity index (χ2n) is 5.04. The van der Waals surface area contributed by atoms with Crippen molar-refractivity contribution >= 4 is 11.5 Å². The molecule has 0 spiro atoms. The SMILES string of the molecule is CCN(c1c(N)c(C)nn1CC)C(C)CN(C)C. The smallest absolute Gasteiger partial charge is 0.150 e. The number of likely N-dealkylation sites (N-methyl/N-ethyl adjacent to an activating group) is 2. The van der Waals surface area contributed by atoms with Gasteiger partial charge in [0.25, 0.3) is 0 Å². The van der Waals surface area contributed by atoms with Crippen molar-refractivity contribution in [2.75, 3.05) is 37.8 Å². The van der Waals surface area contributed by atoms with Gasteiger partial charge in [-0.05, 0) is 41.8 Å². The van der Waals surface area contributed by atoms with Gasteiger partial charge in [0.1, 0.15) is 0 Å². The fourth-order valence-electron chi connectivity index (χ4n) is 2.40. The molecule has 1 aromatic rings. The summed E-state index contributed by atoms with van der Waals surface area (Å²) in [5.74, 6) is 1.06. The monoisotopic (exact) mass is 253 g/mol. The highest BCUT2D eigenvalue weighted by Gasteiger charge is 2.21. The van der Waals surface area contributed by atoms with Crippen LogP contribution in [-0.2, 0) is 6.54 Å². The maximum Gasteiger partial charge on any atom is 0.150 e. The molecule has 0 aliphatic carbocycles. The van der Waals surface area contributed by atoms with Gasteiger partial charge in [-0.25, -0.2) is 4.68 Å². The van der Waals surface area contributed by atoms with E-state index in [1.54, 1.807) is 0 Å². The Labute approximate surface area is 111 Å². The molecule has 0 saturated carbocycles. The zero-order chi connectivity index (χ0) is 13.9. The summed E-state index contributed by atoms with van der Waals surface area (Å²) < 4.78 is 2.00. The third-order valence-corrected chi connectivity index (χ3v) is 3.22. The lowest BCUT2D eigenvalue weighted by atomic mass is 10.2. The van der Waals surface area contributed by atoms with E-state index in [9.17, 15) is 0 Å². The molecular weight excluding hydrogens is 226 g/mol. The molecule has 1 rings (SSSR count). The van der Waals surface area contributed by atoms with Gasteiger partial charge in [-0.1, -0.05) is 0 Å². The standard InChI is InChI=1S/C13H27N5/c1-7-17(10(3)9-16(5)6)13-12(14)11(4)15-18(13)8-2/h10H,7-9,14H2,1-6H3. The molecule has 104 valence electrons. The normalized spacial score (nSPS) is 13.1. The Morgan fingerprint density at radius 3 is 2.39 bits per heavy atom. The Bertz CT molecular complexity index is 383. The lowest BCUT2D eigenvalue weighted by molar-refractivity contribution is 0.370. The van der Waals surface area contributed by atoms with Crippen LogP contribution in [0, 0.1) is 6.92 Å². The lowest BCUT2D eigenvalue weighted by Crippen LogP contribution is -2.41. The van der Waals surface area contributed by atoms with Crippen LogP contribution in [-0.4, -0.2) is 47.9 Å². The van der Waals surface area contributed by atoms with Gasteiger partial charge < -0.3 is 15.5 Å². The van der Waals surface area contributed by atoms with Crippen LogP contribution in [0.15, 0.2) is 0 Å². The molecule has 1 atom stereocenters. The van der Waals surface area contributed by atoms with E-state index < -0.39 is 0 Å². The summed E-state index contributed by atoms with van der Waals surface area (Å²) in [4.78, 5) is 4.53. The maximum atomic E-state index is 6.19. The van der Waals surface area contributed by atoms with Gasteiger partial charge in [-0.15, -0.1) is 0 Å². The van der Waals surface area contributed by atoms with Gasteiger partial charge in [0.15, 0.2) is 5.82 Å². The van der Waals surface area contributed by atoms with Gasteiger partial charge in [-0.3, -0.25) is 0 Å². The number of aryl methyl sites for hydroxylation is 2. The zero-order valence-corrected chi connectivity index (χ0v) is 12.6. The van der Waals surface area contributed by atoms with Crippen molar-refractivity contribution in [3.63, 3.8) is 0 Å². The van der Waals surface area contributed by atoms with Gasteiger partial charge in [-0.2, -0.15) is 5.10 Å². The predicted molar refractivity (Wildman–Crippen MR) is 78.1 cm³/mol. The molecule has 1 heterocycles. The third kappa shape index (κ3) is 2.96. The van der Waals surface area contributed by atoms with Crippen molar-refractivity contribution < 1.29 is 0 Å². The van der Waals surface area contributed by atoms with Crippen molar-refractivity contribution in [2.24, 2.45) is 0 Å². The Kier molecular flexibility index (Phi) is 5.02. The second-order valence-corrected chi connectivity index (χ2v) is 5.04. The van der Waals surface area contributed by atoms with Gasteiger partial charge in [0.2, 0.25) is 0 Å². The molecule has 0 fully saturated rings. The first kappa shape index (κ1) is 14.8. The number of aromatic nitrogens is 2. The first-order valence-corrected chi connectivity index (χ1v) is 6.66. The van der Waals surface area contributed by atoms with Crippen molar-refractivity contribution in [1.29, 1.82) is 0 Å². The van der Waals surface area contributed by atoms with Crippen LogP contribution in [0.3, 0.4) is 0 Å². The average molecular weight is 253 g/mol. The fraction of sp³-hybridized carbons (Fsp3) is 0.769. The van der Waals surface area contributed by atoms with Crippen LogP contribution in [0.4, 0.5) is 11.5 Å². The maximum absolute atomic E-state index is 6.19. The topological polar surface area (TPSA) is 50.3 Å². The van der Waals surface area contributed by atoms with Crippen molar-refractivity contribution in [1.82, 2.24) is 14.7 Å². The average Bonchev–Trinajstić information content (AvgIpc) is 2.57. The highest BCUT2D eigenvalue weighted by atomic mass is 15.4. The van der Waals surface area contributed by atoms with E-state index in [2.05, 4.69) is 49.8 Å². The molecule has 0 bridgehead atoms. The Morgan fingerprint density at radius 1 is 1.33 bits per heavy atom. The number of anilines is 2. The van der Waals surface area contributed by atoms with Gasteiger partial charge in [0.05, 0.1) is 11.4 Å². The molecule has 18 heavy (non-hydrogen) atoms. The molecule has 0 aliphatic rings. The van der Waals surface area contributed by atoms with Crippen LogP contribution >= 0.6 is 0 Å². The number of nitrogens with two attached hydrogens (primary N) is 1. The lowest BCUT2D eigenvalue weighted by Gasteiger charge is -2.32. The molecule has 0 aliphatic heterocycles. The van der Waals surface area contributed by atoms with Gasteiger partial charge >= 0.3 is 0 Å². The van der Waals surface area contributed by atoms with E-state index in [0.29, 0.717) is 6.04 Å². The Morgan fingerprint density at radius 2 is 1.94 bits per heavy atom. The van der Waals surface area contributed by atoms with E-state index in [1.807, 2.05) is 11.6 Å². The molecule has 1 aromatic heterocycles. The number of nitrogens with zero attached hydrogens (tertiary/aromatic N) is 4. The van der Waals surface area contributed by atoms with Crippen molar-refractivity contribution in [3.05, 3.63) is 5.69 Å². The number of nitrogen functional groups attached to an aromatic ring is 1. The van der Waals surface area contributed by atoms with E-state index in [-0.39, 0.29) is 0 Å². The highest BCUT2D eigenvalue weighted by molar-refractivity contribution is 5.66. The number of hydrogen-bond donors (Lipinski definition) is 1. The molecule has 0 saturated heterocycles. The van der Waals surface area contributed by atoms with E-state index in [0.717, 1.165) is 36.8 Å². The fourth-order valence-corrected chi connectivity index (χ4v) is 2.40. The summed E-state index contributed by atoms with van der Waals surface area (Å²) in [7, 11) is 4.19. The highest BCUT2D eigenvalue weighted by Crippen LogP contribution is 2.28.